The third-order valence-electron chi connectivity index (χ3n) is 3.32. The Labute approximate surface area is 134 Å². The standard InChI is InChI=1S/C15H12F3NO3S/c16-15(17,18)22-12-3-1-10(2-4-12)14-19(6-8-23-14)13(20)11-5-7-21-9-11/h1-5,7,9,14H,6,8H2/t14-/m1/s1. The van der Waals surface area contributed by atoms with Gasteiger partial charge in [-0.2, -0.15) is 0 Å². The fraction of sp³-hybridized carbons (Fsp3) is 0.267. The maximum absolute atomic E-state index is 12.4. The first-order chi connectivity index (χ1) is 10.9. The lowest BCUT2D eigenvalue weighted by Crippen LogP contribution is -2.30. The third-order valence-corrected chi connectivity index (χ3v) is 4.58. The smallest absolute Gasteiger partial charge is 0.472 e. The van der Waals surface area contributed by atoms with Crippen LogP contribution in [-0.2, 0) is 0 Å². The molecule has 1 aromatic heterocycles. The molecule has 0 unspecified atom stereocenters. The Bertz CT molecular complexity index is 670. The van der Waals surface area contributed by atoms with Crippen LogP contribution in [-0.4, -0.2) is 29.5 Å². The van der Waals surface area contributed by atoms with E-state index in [1.54, 1.807) is 34.9 Å². The molecular formula is C15H12F3NO3S. The third kappa shape index (κ3) is 3.64. The molecule has 8 heteroatoms. The quantitative estimate of drug-likeness (QED) is 0.843. The average molecular weight is 343 g/mol. The first kappa shape index (κ1) is 15.8. The summed E-state index contributed by atoms with van der Waals surface area (Å²) in [6.45, 7) is 0.570. The van der Waals surface area contributed by atoms with Crippen LogP contribution in [0.4, 0.5) is 13.2 Å². The largest absolute Gasteiger partial charge is 0.573 e. The van der Waals surface area contributed by atoms with Gasteiger partial charge in [0.2, 0.25) is 0 Å². The van der Waals surface area contributed by atoms with Gasteiger partial charge in [0.1, 0.15) is 17.4 Å². The van der Waals surface area contributed by atoms with Crippen LogP contribution in [0.2, 0.25) is 0 Å². The van der Waals surface area contributed by atoms with Crippen molar-refractivity contribution >= 4 is 17.7 Å². The van der Waals surface area contributed by atoms with Gasteiger partial charge in [0.15, 0.2) is 0 Å². The van der Waals surface area contributed by atoms with Crippen LogP contribution in [0.25, 0.3) is 0 Å². The van der Waals surface area contributed by atoms with E-state index in [1.807, 2.05) is 0 Å². The second-order valence-corrected chi connectivity index (χ2v) is 6.04. The Morgan fingerprint density at radius 3 is 2.61 bits per heavy atom. The summed E-state index contributed by atoms with van der Waals surface area (Å²) in [5.41, 5.74) is 1.20. The number of furan rings is 1. The molecule has 122 valence electrons. The van der Waals surface area contributed by atoms with Crippen molar-refractivity contribution in [2.45, 2.75) is 11.7 Å². The lowest BCUT2D eigenvalue weighted by atomic mass is 10.2. The molecule has 1 aliphatic heterocycles. The Morgan fingerprint density at radius 1 is 1.26 bits per heavy atom. The molecule has 0 aliphatic carbocycles. The maximum Gasteiger partial charge on any atom is 0.573 e. The average Bonchev–Trinajstić information content (AvgIpc) is 3.17. The lowest BCUT2D eigenvalue weighted by Gasteiger charge is -2.23. The van der Waals surface area contributed by atoms with Crippen molar-refractivity contribution in [3.63, 3.8) is 0 Å². The van der Waals surface area contributed by atoms with Crippen molar-refractivity contribution in [2.75, 3.05) is 12.3 Å². The van der Waals surface area contributed by atoms with Crippen LogP contribution >= 0.6 is 11.8 Å². The highest BCUT2D eigenvalue weighted by Gasteiger charge is 2.33. The van der Waals surface area contributed by atoms with Gasteiger partial charge in [0, 0.05) is 12.3 Å². The van der Waals surface area contributed by atoms with Gasteiger partial charge in [-0.25, -0.2) is 0 Å². The normalized spacial score (nSPS) is 18.2. The first-order valence-electron chi connectivity index (χ1n) is 6.74. The summed E-state index contributed by atoms with van der Waals surface area (Å²) in [6.07, 6.45) is -1.91. The molecule has 0 spiro atoms. The zero-order valence-electron chi connectivity index (χ0n) is 11.7. The second kappa shape index (κ2) is 6.19. The highest BCUT2D eigenvalue weighted by Crippen LogP contribution is 2.39. The van der Waals surface area contributed by atoms with E-state index in [0.717, 1.165) is 11.3 Å². The van der Waals surface area contributed by atoms with E-state index in [9.17, 15) is 18.0 Å². The number of ether oxygens (including phenoxy) is 1. The van der Waals surface area contributed by atoms with E-state index in [1.165, 1.54) is 24.7 Å². The Morgan fingerprint density at radius 2 is 2.00 bits per heavy atom. The van der Waals surface area contributed by atoms with E-state index in [4.69, 9.17) is 4.42 Å². The van der Waals surface area contributed by atoms with Gasteiger partial charge in [-0.3, -0.25) is 4.79 Å². The Balaban J connectivity index is 1.76. The lowest BCUT2D eigenvalue weighted by molar-refractivity contribution is -0.274. The molecular weight excluding hydrogens is 331 g/mol. The van der Waals surface area contributed by atoms with Gasteiger partial charge in [-0.05, 0) is 23.8 Å². The highest BCUT2D eigenvalue weighted by atomic mass is 32.2. The van der Waals surface area contributed by atoms with Crippen molar-refractivity contribution in [1.82, 2.24) is 4.90 Å². The minimum absolute atomic E-state index is 0.163. The number of carbonyl (C=O) groups is 1. The number of halogens is 3. The molecule has 1 fully saturated rings. The van der Waals surface area contributed by atoms with E-state index in [-0.39, 0.29) is 17.0 Å². The monoisotopic (exact) mass is 343 g/mol. The summed E-state index contributed by atoms with van der Waals surface area (Å²) in [5.74, 6) is 0.316. The van der Waals surface area contributed by atoms with E-state index >= 15 is 0 Å². The topological polar surface area (TPSA) is 42.7 Å². The number of hydrogen-bond acceptors (Lipinski definition) is 4. The van der Waals surface area contributed by atoms with Gasteiger partial charge in [0.05, 0.1) is 11.8 Å². The number of nitrogens with zero attached hydrogens (tertiary/aromatic N) is 1. The van der Waals surface area contributed by atoms with Gasteiger partial charge in [-0.15, -0.1) is 24.9 Å². The number of carbonyl (C=O) groups excluding carboxylic acids is 1. The van der Waals surface area contributed by atoms with Crippen molar-refractivity contribution in [3.05, 3.63) is 54.0 Å². The molecule has 1 atom stereocenters. The highest BCUT2D eigenvalue weighted by molar-refractivity contribution is 7.99. The molecule has 1 aliphatic rings. The summed E-state index contributed by atoms with van der Waals surface area (Å²) in [6, 6.07) is 7.17. The molecule has 0 saturated carbocycles. The van der Waals surface area contributed by atoms with E-state index in [0.29, 0.717) is 12.1 Å². The van der Waals surface area contributed by atoms with Crippen LogP contribution in [0.15, 0.2) is 47.3 Å². The number of hydrogen-bond donors (Lipinski definition) is 0. The number of thioether (sulfide) groups is 1. The molecule has 3 rings (SSSR count). The zero-order valence-corrected chi connectivity index (χ0v) is 12.6. The molecule has 2 heterocycles. The molecule has 1 saturated heterocycles. The fourth-order valence-corrected chi connectivity index (χ4v) is 3.60. The SMILES string of the molecule is O=C(c1ccoc1)N1CCS[C@@H]1c1ccc(OC(F)(F)F)cc1. The summed E-state index contributed by atoms with van der Waals surface area (Å²) in [5, 5.41) is -0.239. The summed E-state index contributed by atoms with van der Waals surface area (Å²) < 4.78 is 45.3. The van der Waals surface area contributed by atoms with Gasteiger partial charge in [-0.1, -0.05) is 12.1 Å². The molecule has 0 N–H and O–H groups in total. The number of amides is 1. The zero-order chi connectivity index (χ0) is 16.4. The molecule has 1 aromatic carbocycles. The van der Waals surface area contributed by atoms with Crippen LogP contribution in [0, 0.1) is 0 Å². The number of rotatable bonds is 3. The van der Waals surface area contributed by atoms with Crippen molar-refractivity contribution in [2.24, 2.45) is 0 Å². The summed E-state index contributed by atoms with van der Waals surface area (Å²) in [4.78, 5) is 14.1. The fourth-order valence-electron chi connectivity index (χ4n) is 2.34. The molecule has 1 amide bonds. The first-order valence-corrected chi connectivity index (χ1v) is 7.79. The molecule has 4 nitrogen and oxygen atoms in total. The second-order valence-electron chi connectivity index (χ2n) is 4.85. The van der Waals surface area contributed by atoms with Crippen LogP contribution in [0.1, 0.15) is 21.3 Å². The number of benzene rings is 1. The summed E-state index contributed by atoms with van der Waals surface area (Å²) >= 11 is 1.56. The van der Waals surface area contributed by atoms with Crippen LogP contribution in [0.3, 0.4) is 0 Å². The summed E-state index contributed by atoms with van der Waals surface area (Å²) in [7, 11) is 0. The van der Waals surface area contributed by atoms with Crippen LogP contribution in [0.5, 0.6) is 5.75 Å². The maximum atomic E-state index is 12.4. The molecule has 0 radical (unpaired) electrons. The minimum Gasteiger partial charge on any atom is -0.472 e. The van der Waals surface area contributed by atoms with Gasteiger partial charge >= 0.3 is 6.36 Å². The van der Waals surface area contributed by atoms with E-state index < -0.39 is 6.36 Å². The predicted molar refractivity (Wildman–Crippen MR) is 78.1 cm³/mol. The Hall–Kier alpha value is -2.09. The molecule has 23 heavy (non-hydrogen) atoms. The molecule has 0 bridgehead atoms. The van der Waals surface area contributed by atoms with Gasteiger partial charge < -0.3 is 14.1 Å². The predicted octanol–water partition coefficient (Wildman–Crippen LogP) is 4.07. The van der Waals surface area contributed by atoms with Crippen molar-refractivity contribution in [1.29, 1.82) is 0 Å². The minimum atomic E-state index is -4.72. The van der Waals surface area contributed by atoms with Crippen LogP contribution < -0.4 is 4.74 Å². The molecule has 2 aromatic rings. The number of alkyl halides is 3. The van der Waals surface area contributed by atoms with Crippen molar-refractivity contribution in [3.8, 4) is 5.75 Å². The van der Waals surface area contributed by atoms with Gasteiger partial charge in [0.25, 0.3) is 5.91 Å². The van der Waals surface area contributed by atoms with E-state index in [2.05, 4.69) is 4.74 Å². The Kier molecular flexibility index (Phi) is 4.25. The van der Waals surface area contributed by atoms with Crippen molar-refractivity contribution < 1.29 is 27.1 Å².